The minimum Gasteiger partial charge on any atom is -0.331 e. The van der Waals surface area contributed by atoms with Crippen molar-refractivity contribution in [1.82, 2.24) is 20.0 Å². The molecule has 28 heavy (non-hydrogen) atoms. The molecule has 0 aliphatic carbocycles. The molecule has 0 saturated carbocycles. The Bertz CT molecular complexity index is 750. The Balaban J connectivity index is 1.42. The lowest BCUT2D eigenvalue weighted by molar-refractivity contribution is -0.168. The second-order valence-corrected chi connectivity index (χ2v) is 8.96. The quantitative estimate of drug-likeness (QED) is 0.782. The monoisotopic (exact) mass is 404 g/mol. The van der Waals surface area contributed by atoms with Gasteiger partial charge in [-0.05, 0) is 49.4 Å². The number of carbonyl (C=O) groups excluding carboxylic acids is 2. The maximum atomic E-state index is 12.8. The molecule has 3 aliphatic heterocycles. The van der Waals surface area contributed by atoms with Gasteiger partial charge in [0.25, 0.3) is 0 Å². The van der Waals surface area contributed by atoms with Crippen LogP contribution < -0.4 is 5.32 Å². The van der Waals surface area contributed by atoms with Gasteiger partial charge in [0.15, 0.2) is 0 Å². The van der Waals surface area contributed by atoms with Crippen LogP contribution in [-0.2, 0) is 16.1 Å². The molecular weight excluding hydrogens is 376 g/mol. The topological polar surface area (TPSA) is 55.9 Å². The van der Waals surface area contributed by atoms with E-state index in [9.17, 15) is 9.59 Å². The number of nitrogens with one attached hydrogen (secondary N) is 1. The highest BCUT2D eigenvalue weighted by atomic mass is 35.5. The van der Waals surface area contributed by atoms with Gasteiger partial charge in [-0.15, -0.1) is 0 Å². The van der Waals surface area contributed by atoms with E-state index in [4.69, 9.17) is 11.6 Å². The highest BCUT2D eigenvalue weighted by Gasteiger charge is 2.49. The van der Waals surface area contributed by atoms with E-state index in [-0.39, 0.29) is 30.1 Å². The van der Waals surface area contributed by atoms with E-state index >= 15 is 0 Å². The fourth-order valence-electron chi connectivity index (χ4n) is 4.92. The number of halogens is 1. The molecule has 4 rings (SSSR count). The lowest BCUT2D eigenvalue weighted by atomic mass is 9.89. The largest absolute Gasteiger partial charge is 0.331 e. The second kappa shape index (κ2) is 8.01. The smallest absolute Gasteiger partial charge is 0.313 e. The lowest BCUT2D eigenvalue weighted by Gasteiger charge is -2.52. The van der Waals surface area contributed by atoms with E-state index in [0.29, 0.717) is 5.92 Å². The highest BCUT2D eigenvalue weighted by Crippen LogP contribution is 2.30. The van der Waals surface area contributed by atoms with Crippen LogP contribution >= 0.6 is 11.6 Å². The third kappa shape index (κ3) is 3.78. The molecule has 3 fully saturated rings. The Morgan fingerprint density at radius 3 is 2.64 bits per heavy atom. The molecule has 0 radical (unpaired) electrons. The predicted molar refractivity (Wildman–Crippen MR) is 109 cm³/mol. The van der Waals surface area contributed by atoms with Crippen molar-refractivity contribution in [3.05, 3.63) is 34.9 Å². The molecule has 0 bridgehead atoms. The van der Waals surface area contributed by atoms with Crippen molar-refractivity contribution in [2.75, 3.05) is 26.7 Å². The van der Waals surface area contributed by atoms with Gasteiger partial charge in [-0.1, -0.05) is 30.7 Å². The average Bonchev–Trinajstić information content (AvgIpc) is 2.68. The number of hydrogen-bond donors (Lipinski definition) is 1. The van der Waals surface area contributed by atoms with Gasteiger partial charge in [-0.2, -0.15) is 0 Å². The molecule has 0 aromatic heterocycles. The Hall–Kier alpha value is -1.63. The van der Waals surface area contributed by atoms with Gasteiger partial charge in [0, 0.05) is 37.7 Å². The molecule has 3 saturated heterocycles. The van der Waals surface area contributed by atoms with Gasteiger partial charge in [0.2, 0.25) is 0 Å². The van der Waals surface area contributed by atoms with E-state index in [2.05, 4.69) is 23.2 Å². The molecule has 3 aliphatic rings. The van der Waals surface area contributed by atoms with Crippen LogP contribution in [0.2, 0.25) is 5.02 Å². The van der Waals surface area contributed by atoms with Crippen LogP contribution in [0.1, 0.15) is 31.7 Å². The van der Waals surface area contributed by atoms with Crippen molar-refractivity contribution in [1.29, 1.82) is 0 Å². The number of hydrogen-bond acceptors (Lipinski definition) is 4. The number of likely N-dealkylation sites (N-methyl/N-ethyl adjacent to an activating group) is 1. The van der Waals surface area contributed by atoms with E-state index in [1.165, 1.54) is 5.56 Å². The van der Waals surface area contributed by atoms with Crippen LogP contribution in [0.25, 0.3) is 0 Å². The third-order valence-electron chi connectivity index (χ3n) is 6.46. The maximum Gasteiger partial charge on any atom is 0.313 e. The summed E-state index contributed by atoms with van der Waals surface area (Å²) in [7, 11) is 1.77. The Morgan fingerprint density at radius 1 is 1.18 bits per heavy atom. The number of benzene rings is 1. The minimum absolute atomic E-state index is 0.0594. The first kappa shape index (κ1) is 19.7. The van der Waals surface area contributed by atoms with Gasteiger partial charge in [-0.25, -0.2) is 0 Å². The molecule has 3 heterocycles. The Labute approximate surface area is 171 Å². The first-order valence-electron chi connectivity index (χ1n) is 10.2. The summed E-state index contributed by atoms with van der Waals surface area (Å²) in [5, 5.41) is 4.30. The van der Waals surface area contributed by atoms with Gasteiger partial charge in [0.05, 0.1) is 6.04 Å². The zero-order valence-corrected chi connectivity index (χ0v) is 17.4. The molecular formula is C21H29ClN4O2. The van der Waals surface area contributed by atoms with Crippen LogP contribution in [0.4, 0.5) is 0 Å². The van der Waals surface area contributed by atoms with E-state index in [1.807, 2.05) is 23.1 Å². The number of fused-ring (bicyclic) bond motifs is 1. The molecule has 3 atom stereocenters. The van der Waals surface area contributed by atoms with Crippen molar-refractivity contribution in [2.45, 2.75) is 51.0 Å². The van der Waals surface area contributed by atoms with Crippen LogP contribution in [0.5, 0.6) is 0 Å². The third-order valence-corrected chi connectivity index (χ3v) is 6.70. The second-order valence-electron chi connectivity index (χ2n) is 8.53. The molecule has 2 amide bonds. The number of carbonyl (C=O) groups is 2. The molecule has 1 N–H and O–H groups in total. The molecule has 0 spiro atoms. The number of rotatable bonds is 3. The number of piperazine rings is 1. The molecule has 152 valence electrons. The zero-order valence-electron chi connectivity index (χ0n) is 16.6. The molecule has 6 nitrogen and oxygen atoms in total. The standard InChI is InChI=1S/C21H29ClN4O2/c1-14-10-18-19(23-12-14)26(21(28)20(27)24(18)2)17-6-8-25(9-7-17)13-15-4-3-5-16(22)11-15/h3-5,11,14,17-19,23H,6-10,12-13H2,1-2H3. The summed E-state index contributed by atoms with van der Waals surface area (Å²) in [6.07, 6.45) is 2.67. The van der Waals surface area contributed by atoms with Gasteiger partial charge >= 0.3 is 11.8 Å². The summed E-state index contributed by atoms with van der Waals surface area (Å²) in [4.78, 5) is 31.3. The van der Waals surface area contributed by atoms with Gasteiger partial charge in [-0.3, -0.25) is 19.8 Å². The maximum absolute atomic E-state index is 12.8. The van der Waals surface area contributed by atoms with Crippen molar-refractivity contribution < 1.29 is 9.59 Å². The lowest BCUT2D eigenvalue weighted by Crippen LogP contribution is -2.73. The highest BCUT2D eigenvalue weighted by molar-refractivity contribution is 6.35. The van der Waals surface area contributed by atoms with Gasteiger partial charge in [0.1, 0.15) is 6.17 Å². The number of amides is 2. The molecule has 1 aromatic carbocycles. The van der Waals surface area contributed by atoms with Crippen LogP contribution in [0, 0.1) is 5.92 Å². The zero-order chi connectivity index (χ0) is 19.8. The first-order chi connectivity index (χ1) is 13.4. The van der Waals surface area contributed by atoms with Crippen molar-refractivity contribution in [3.8, 4) is 0 Å². The van der Waals surface area contributed by atoms with E-state index in [1.54, 1.807) is 11.9 Å². The van der Waals surface area contributed by atoms with Crippen LogP contribution in [0.15, 0.2) is 24.3 Å². The predicted octanol–water partition coefficient (Wildman–Crippen LogP) is 1.93. The Morgan fingerprint density at radius 2 is 1.93 bits per heavy atom. The minimum atomic E-state index is -0.362. The Kier molecular flexibility index (Phi) is 5.63. The van der Waals surface area contributed by atoms with Crippen molar-refractivity contribution in [2.24, 2.45) is 5.92 Å². The van der Waals surface area contributed by atoms with Crippen LogP contribution in [0.3, 0.4) is 0 Å². The number of likely N-dealkylation sites (tertiary alicyclic amines) is 1. The summed E-state index contributed by atoms with van der Waals surface area (Å²) in [5.74, 6) is -0.205. The average molecular weight is 405 g/mol. The number of piperidine rings is 2. The summed E-state index contributed by atoms with van der Waals surface area (Å²) in [5.41, 5.74) is 1.21. The van der Waals surface area contributed by atoms with Crippen molar-refractivity contribution in [3.63, 3.8) is 0 Å². The molecule has 1 aromatic rings. The fraction of sp³-hybridized carbons (Fsp3) is 0.619. The first-order valence-corrected chi connectivity index (χ1v) is 10.6. The molecule has 3 unspecified atom stereocenters. The summed E-state index contributed by atoms with van der Waals surface area (Å²) >= 11 is 6.10. The number of nitrogens with zero attached hydrogens (tertiary/aromatic N) is 3. The summed E-state index contributed by atoms with van der Waals surface area (Å²) in [6.45, 7) is 5.78. The van der Waals surface area contributed by atoms with Crippen LogP contribution in [-0.4, -0.2) is 71.4 Å². The van der Waals surface area contributed by atoms with E-state index in [0.717, 1.165) is 50.5 Å². The summed E-state index contributed by atoms with van der Waals surface area (Å²) in [6, 6.07) is 8.16. The fourth-order valence-corrected chi connectivity index (χ4v) is 5.13. The molecule has 7 heteroatoms. The normalized spacial score (nSPS) is 29.9. The summed E-state index contributed by atoms with van der Waals surface area (Å²) < 4.78 is 0. The van der Waals surface area contributed by atoms with Crippen molar-refractivity contribution >= 4 is 23.4 Å². The van der Waals surface area contributed by atoms with E-state index < -0.39 is 0 Å². The van der Waals surface area contributed by atoms with Gasteiger partial charge < -0.3 is 9.80 Å². The SMILES string of the molecule is CC1CNC2C(C1)N(C)C(=O)C(=O)N2C1CCN(Cc2cccc(Cl)c2)CC1.